The number of nitrogen functional groups attached to an aromatic ring is 1. The van der Waals surface area contributed by atoms with E-state index < -0.39 is 11.7 Å². The summed E-state index contributed by atoms with van der Waals surface area (Å²) in [6.07, 6.45) is -2.73. The van der Waals surface area contributed by atoms with Crippen molar-refractivity contribution < 1.29 is 13.2 Å². The highest BCUT2D eigenvalue weighted by Crippen LogP contribution is 2.32. The van der Waals surface area contributed by atoms with Crippen LogP contribution < -0.4 is 10.6 Å². The molecule has 0 radical (unpaired) electrons. The Bertz CT molecular complexity index is 400. The number of rotatable bonds is 4. The summed E-state index contributed by atoms with van der Waals surface area (Å²) in [4.78, 5) is 5.71. The number of nitrogens with two attached hydrogens (primary N) is 1. The predicted octanol–water partition coefficient (Wildman–Crippen LogP) is 3.31. The minimum atomic E-state index is -4.40. The van der Waals surface area contributed by atoms with Crippen LogP contribution in [0.15, 0.2) is 12.1 Å². The first-order valence-electron chi connectivity index (χ1n) is 5.87. The van der Waals surface area contributed by atoms with Crippen LogP contribution in [0.1, 0.15) is 32.3 Å². The predicted molar refractivity (Wildman–Crippen MR) is 66.4 cm³/mol. The van der Waals surface area contributed by atoms with E-state index in [0.717, 1.165) is 25.0 Å². The number of hydrogen-bond donors (Lipinski definition) is 1. The molecule has 0 aromatic carbocycles. The molecule has 18 heavy (non-hydrogen) atoms. The van der Waals surface area contributed by atoms with Crippen molar-refractivity contribution in [2.45, 2.75) is 38.9 Å². The molecule has 1 aromatic heterocycles. The van der Waals surface area contributed by atoms with Gasteiger partial charge < -0.3 is 10.6 Å². The molecule has 0 aliphatic carbocycles. The van der Waals surface area contributed by atoms with Gasteiger partial charge in [-0.15, -0.1) is 0 Å². The lowest BCUT2D eigenvalue weighted by Crippen LogP contribution is -2.31. The van der Waals surface area contributed by atoms with E-state index in [4.69, 9.17) is 5.73 Å². The Labute approximate surface area is 105 Å². The van der Waals surface area contributed by atoms with E-state index in [1.165, 1.54) is 0 Å². The van der Waals surface area contributed by atoms with Gasteiger partial charge >= 0.3 is 6.18 Å². The highest BCUT2D eigenvalue weighted by atomic mass is 19.4. The smallest absolute Gasteiger partial charge is 0.384 e. The summed E-state index contributed by atoms with van der Waals surface area (Å²) in [6.45, 7) is 3.98. The van der Waals surface area contributed by atoms with E-state index in [1.807, 2.05) is 13.8 Å². The first-order valence-corrected chi connectivity index (χ1v) is 5.87. The Balaban J connectivity index is 3.13. The quantitative estimate of drug-likeness (QED) is 0.904. The van der Waals surface area contributed by atoms with Crippen molar-refractivity contribution in [1.29, 1.82) is 0 Å². The number of anilines is 2. The molecule has 6 heteroatoms. The number of pyridine rings is 1. The zero-order chi connectivity index (χ0) is 13.9. The van der Waals surface area contributed by atoms with E-state index >= 15 is 0 Å². The van der Waals surface area contributed by atoms with Gasteiger partial charge in [-0.2, -0.15) is 13.2 Å². The van der Waals surface area contributed by atoms with E-state index in [2.05, 4.69) is 4.98 Å². The molecule has 0 amide bonds. The molecule has 0 saturated carbocycles. The van der Waals surface area contributed by atoms with Crippen LogP contribution in [0.25, 0.3) is 0 Å². The van der Waals surface area contributed by atoms with Crippen molar-refractivity contribution in [3.05, 3.63) is 17.7 Å². The molecule has 0 aliphatic heterocycles. The van der Waals surface area contributed by atoms with Crippen molar-refractivity contribution in [1.82, 2.24) is 4.98 Å². The van der Waals surface area contributed by atoms with E-state index in [-0.39, 0.29) is 17.7 Å². The largest absolute Gasteiger partial charge is 0.416 e. The van der Waals surface area contributed by atoms with Gasteiger partial charge in [0.15, 0.2) is 0 Å². The third kappa shape index (κ3) is 3.27. The van der Waals surface area contributed by atoms with Gasteiger partial charge in [0.1, 0.15) is 11.6 Å². The third-order valence-corrected chi connectivity index (χ3v) is 3.01. The fourth-order valence-electron chi connectivity index (χ4n) is 1.90. The lowest BCUT2D eigenvalue weighted by molar-refractivity contribution is -0.137. The molecule has 1 heterocycles. The first kappa shape index (κ1) is 14.6. The van der Waals surface area contributed by atoms with Crippen molar-refractivity contribution in [3.63, 3.8) is 0 Å². The fraction of sp³-hybridized carbons (Fsp3) is 0.583. The summed E-state index contributed by atoms with van der Waals surface area (Å²) in [5.74, 6) is 0.147. The van der Waals surface area contributed by atoms with Crippen LogP contribution in [-0.2, 0) is 6.18 Å². The molecule has 2 N–H and O–H groups in total. The van der Waals surface area contributed by atoms with Gasteiger partial charge in [-0.1, -0.05) is 13.8 Å². The Morgan fingerprint density at radius 3 is 2.28 bits per heavy atom. The van der Waals surface area contributed by atoms with Gasteiger partial charge in [-0.25, -0.2) is 4.98 Å². The van der Waals surface area contributed by atoms with E-state index in [1.54, 1.807) is 11.9 Å². The minimum absolute atomic E-state index is 0.113. The van der Waals surface area contributed by atoms with E-state index in [9.17, 15) is 13.2 Å². The van der Waals surface area contributed by atoms with Crippen LogP contribution in [0, 0.1) is 0 Å². The van der Waals surface area contributed by atoms with Crippen molar-refractivity contribution >= 4 is 11.6 Å². The van der Waals surface area contributed by atoms with Crippen LogP contribution in [0.3, 0.4) is 0 Å². The average molecular weight is 261 g/mol. The molecule has 1 aromatic rings. The number of alkyl halides is 3. The highest BCUT2D eigenvalue weighted by molar-refractivity contribution is 5.49. The van der Waals surface area contributed by atoms with Gasteiger partial charge in [0.2, 0.25) is 0 Å². The van der Waals surface area contributed by atoms with Gasteiger partial charge in [0, 0.05) is 13.1 Å². The second-order valence-electron chi connectivity index (χ2n) is 4.22. The zero-order valence-electron chi connectivity index (χ0n) is 10.8. The van der Waals surface area contributed by atoms with Crippen molar-refractivity contribution in [2.24, 2.45) is 0 Å². The second-order valence-corrected chi connectivity index (χ2v) is 4.22. The lowest BCUT2D eigenvalue weighted by Gasteiger charge is -2.28. The van der Waals surface area contributed by atoms with Gasteiger partial charge in [0.05, 0.1) is 5.56 Å². The minimum Gasteiger partial charge on any atom is -0.384 e. The average Bonchev–Trinajstić information content (AvgIpc) is 2.28. The molecule has 0 unspecified atom stereocenters. The molecule has 0 fully saturated rings. The summed E-state index contributed by atoms with van der Waals surface area (Å²) in [5, 5.41) is 0. The SMILES string of the molecule is CCC(CC)N(C)c1cc(C(F)(F)F)cc(N)n1. The van der Waals surface area contributed by atoms with Crippen LogP contribution in [-0.4, -0.2) is 18.1 Å². The number of nitrogens with zero attached hydrogens (tertiary/aromatic N) is 2. The maximum Gasteiger partial charge on any atom is 0.416 e. The molecule has 0 bridgehead atoms. The maximum absolute atomic E-state index is 12.7. The monoisotopic (exact) mass is 261 g/mol. The maximum atomic E-state index is 12.7. The molecular weight excluding hydrogens is 243 g/mol. The molecule has 0 saturated heterocycles. The standard InChI is InChI=1S/C12H18F3N3/c1-4-9(5-2)18(3)11-7-8(12(13,14)15)6-10(16)17-11/h6-7,9H,4-5H2,1-3H3,(H2,16,17). The van der Waals surface area contributed by atoms with Crippen LogP contribution >= 0.6 is 0 Å². The summed E-state index contributed by atoms with van der Waals surface area (Å²) < 4.78 is 38.0. The molecule has 3 nitrogen and oxygen atoms in total. The van der Waals surface area contributed by atoms with Gasteiger partial charge in [0.25, 0.3) is 0 Å². The van der Waals surface area contributed by atoms with Crippen molar-refractivity contribution in [2.75, 3.05) is 17.7 Å². The Morgan fingerprint density at radius 1 is 1.28 bits per heavy atom. The summed E-state index contributed by atoms with van der Waals surface area (Å²) in [7, 11) is 1.74. The second kappa shape index (κ2) is 5.46. The third-order valence-electron chi connectivity index (χ3n) is 3.01. The number of hydrogen-bond acceptors (Lipinski definition) is 3. The Hall–Kier alpha value is -1.46. The normalized spacial score (nSPS) is 11.9. The zero-order valence-corrected chi connectivity index (χ0v) is 10.8. The molecule has 0 aliphatic rings. The van der Waals surface area contributed by atoms with Crippen LogP contribution in [0.5, 0.6) is 0 Å². The van der Waals surface area contributed by atoms with Crippen LogP contribution in [0.2, 0.25) is 0 Å². The Kier molecular flexibility index (Phi) is 4.43. The summed E-state index contributed by atoms with van der Waals surface area (Å²) >= 11 is 0. The summed E-state index contributed by atoms with van der Waals surface area (Å²) in [5.41, 5.74) is 4.68. The Morgan fingerprint density at radius 2 is 1.83 bits per heavy atom. The van der Waals surface area contributed by atoms with E-state index in [0.29, 0.717) is 0 Å². The first-order chi connectivity index (χ1) is 8.29. The number of halogens is 3. The van der Waals surface area contributed by atoms with Gasteiger partial charge in [-0.3, -0.25) is 0 Å². The lowest BCUT2D eigenvalue weighted by atomic mass is 10.1. The molecular formula is C12H18F3N3. The molecule has 0 atom stereocenters. The van der Waals surface area contributed by atoms with Gasteiger partial charge in [-0.05, 0) is 25.0 Å². The highest BCUT2D eigenvalue weighted by Gasteiger charge is 2.32. The summed E-state index contributed by atoms with van der Waals surface area (Å²) in [6, 6.07) is 2.04. The number of aromatic nitrogens is 1. The topological polar surface area (TPSA) is 42.1 Å². The molecule has 102 valence electrons. The van der Waals surface area contributed by atoms with Crippen molar-refractivity contribution in [3.8, 4) is 0 Å². The molecule has 0 spiro atoms. The fourth-order valence-corrected chi connectivity index (χ4v) is 1.90. The molecule has 1 rings (SSSR count). The van der Waals surface area contributed by atoms with Crippen LogP contribution in [0.4, 0.5) is 24.8 Å².